The molecule has 0 aromatic rings. The first-order chi connectivity index (χ1) is 14.0. The van der Waals surface area contributed by atoms with Crippen LogP contribution in [0.4, 0.5) is 0 Å². The van der Waals surface area contributed by atoms with E-state index in [4.69, 9.17) is 16.0 Å². The minimum absolute atomic E-state index is 0.393. The molecule has 0 aromatic carbocycles. The number of rotatable bonds is 20. The molecule has 0 aliphatic rings. The SMILES string of the molecule is CCC[CH2][Sn](/[CH]=C/CC(CCCCl)O[Si](CC)(CC)CC)([CH2]CCC)[CH2]CCC. The van der Waals surface area contributed by atoms with Crippen LogP contribution in [-0.4, -0.2) is 38.7 Å². The van der Waals surface area contributed by atoms with E-state index in [0.29, 0.717) is 6.10 Å². The summed E-state index contributed by atoms with van der Waals surface area (Å²) in [7, 11) is -1.55. The van der Waals surface area contributed by atoms with Gasteiger partial charge in [-0.05, 0) is 0 Å². The molecule has 4 heteroatoms. The van der Waals surface area contributed by atoms with Crippen LogP contribution in [0.25, 0.3) is 0 Å². The summed E-state index contributed by atoms with van der Waals surface area (Å²) in [4.78, 5) is 0. The molecule has 0 aliphatic carbocycles. The molecule has 0 rings (SSSR count). The molecule has 0 bridgehead atoms. The Morgan fingerprint density at radius 3 is 1.66 bits per heavy atom. The van der Waals surface area contributed by atoms with Crippen molar-refractivity contribution in [2.24, 2.45) is 0 Å². The first-order valence-electron chi connectivity index (χ1n) is 12.9. The van der Waals surface area contributed by atoms with E-state index in [2.05, 4.69) is 51.7 Å². The molecule has 0 N–H and O–H groups in total. The molecule has 0 fully saturated rings. The van der Waals surface area contributed by atoms with Gasteiger partial charge in [0.1, 0.15) is 0 Å². The van der Waals surface area contributed by atoms with Crippen molar-refractivity contribution in [3.05, 3.63) is 10.2 Å². The Hall–Kier alpha value is 1.01. The van der Waals surface area contributed by atoms with Gasteiger partial charge >= 0.3 is 196 Å². The van der Waals surface area contributed by atoms with E-state index in [1.165, 1.54) is 56.7 Å². The molecule has 0 saturated carbocycles. The molecule has 1 unspecified atom stereocenters. The summed E-state index contributed by atoms with van der Waals surface area (Å²) in [6.07, 6.45) is 14.7. The molecule has 0 aromatic heterocycles. The number of hydrogen-bond acceptors (Lipinski definition) is 1. The van der Waals surface area contributed by atoms with Crippen molar-refractivity contribution in [3.63, 3.8) is 0 Å². The molecular weight excluding hydrogens is 499 g/mol. The third-order valence-electron chi connectivity index (χ3n) is 6.96. The molecule has 0 saturated heterocycles. The van der Waals surface area contributed by atoms with Gasteiger partial charge in [-0.2, -0.15) is 0 Å². The van der Waals surface area contributed by atoms with Crippen molar-refractivity contribution < 1.29 is 4.43 Å². The monoisotopic (exact) mass is 552 g/mol. The first kappa shape index (κ1) is 30.0. The predicted molar refractivity (Wildman–Crippen MR) is 141 cm³/mol. The van der Waals surface area contributed by atoms with Crippen LogP contribution in [0.2, 0.25) is 31.4 Å². The number of hydrogen-bond donors (Lipinski definition) is 0. The van der Waals surface area contributed by atoms with E-state index in [1.807, 2.05) is 0 Å². The molecule has 29 heavy (non-hydrogen) atoms. The number of unbranched alkanes of at least 4 members (excludes halogenated alkanes) is 3. The molecule has 0 heterocycles. The van der Waals surface area contributed by atoms with E-state index in [0.717, 1.165) is 25.1 Å². The molecular formula is C25H53ClOSiSn. The van der Waals surface area contributed by atoms with Gasteiger partial charge in [-0.15, -0.1) is 0 Å². The van der Waals surface area contributed by atoms with Gasteiger partial charge in [0.15, 0.2) is 0 Å². The molecule has 0 radical (unpaired) electrons. The van der Waals surface area contributed by atoms with Crippen molar-refractivity contribution in [2.75, 3.05) is 5.88 Å². The summed E-state index contributed by atoms with van der Waals surface area (Å²) in [5.74, 6) is 0.759. The van der Waals surface area contributed by atoms with Crippen molar-refractivity contribution >= 4 is 38.3 Å². The average Bonchev–Trinajstić information content (AvgIpc) is 2.76. The molecule has 0 amide bonds. The fourth-order valence-corrected chi connectivity index (χ4v) is 22.1. The van der Waals surface area contributed by atoms with Crippen molar-refractivity contribution in [2.45, 2.75) is 137 Å². The van der Waals surface area contributed by atoms with Crippen molar-refractivity contribution in [3.8, 4) is 0 Å². The Balaban J connectivity index is 5.33. The normalized spacial score (nSPS) is 14.0. The summed E-state index contributed by atoms with van der Waals surface area (Å²) in [6, 6.07) is 3.73. The van der Waals surface area contributed by atoms with Crippen LogP contribution in [0.1, 0.15) is 99.3 Å². The van der Waals surface area contributed by atoms with E-state index >= 15 is 0 Å². The van der Waals surface area contributed by atoms with E-state index in [9.17, 15) is 0 Å². The molecule has 0 aliphatic heterocycles. The third-order valence-corrected chi connectivity index (χ3v) is 26.2. The summed E-state index contributed by atoms with van der Waals surface area (Å²) >= 11 is 3.88. The summed E-state index contributed by atoms with van der Waals surface area (Å²) in [5, 5.41) is 0. The first-order valence-corrected chi connectivity index (χ1v) is 23.7. The Morgan fingerprint density at radius 2 is 1.28 bits per heavy atom. The summed E-state index contributed by atoms with van der Waals surface area (Å²) in [6.45, 7) is 14.1. The summed E-state index contributed by atoms with van der Waals surface area (Å²) < 4.78 is 14.4. The quantitative estimate of drug-likeness (QED) is 0.108. The average molecular weight is 552 g/mol. The van der Waals surface area contributed by atoms with Gasteiger partial charge in [0.25, 0.3) is 0 Å². The fourth-order valence-electron chi connectivity index (χ4n) is 4.56. The zero-order valence-electron chi connectivity index (χ0n) is 20.8. The zero-order valence-corrected chi connectivity index (χ0v) is 25.4. The van der Waals surface area contributed by atoms with E-state index in [-0.39, 0.29) is 0 Å². The van der Waals surface area contributed by atoms with Crippen molar-refractivity contribution in [1.29, 1.82) is 0 Å². The van der Waals surface area contributed by atoms with Crippen LogP contribution in [0, 0.1) is 0 Å². The Morgan fingerprint density at radius 1 is 0.793 bits per heavy atom. The van der Waals surface area contributed by atoms with Gasteiger partial charge in [0, 0.05) is 0 Å². The zero-order chi connectivity index (χ0) is 22.0. The van der Waals surface area contributed by atoms with Crippen LogP contribution >= 0.6 is 11.6 Å². The Labute approximate surface area is 194 Å². The second-order valence-electron chi connectivity index (χ2n) is 9.13. The fraction of sp³-hybridized carbons (Fsp3) is 0.920. The van der Waals surface area contributed by atoms with Crippen LogP contribution in [-0.2, 0) is 4.43 Å². The second kappa shape index (κ2) is 18.6. The van der Waals surface area contributed by atoms with Gasteiger partial charge in [-0.3, -0.25) is 0 Å². The van der Waals surface area contributed by atoms with Gasteiger partial charge in [0.2, 0.25) is 0 Å². The van der Waals surface area contributed by atoms with E-state index < -0.39 is 26.7 Å². The van der Waals surface area contributed by atoms with Crippen LogP contribution in [0.3, 0.4) is 0 Å². The predicted octanol–water partition coefficient (Wildman–Crippen LogP) is 9.73. The summed E-state index contributed by atoms with van der Waals surface area (Å²) in [5.41, 5.74) is 0. The molecule has 1 nitrogen and oxygen atoms in total. The standard InChI is InChI=1S/C13H26ClOSi.3C4H9.Sn/c1-5-10-13(11-9-12-14)15-16(6-2,7-3)8-4;3*1-3-4-2;/h1,5,13H,6-12H2,2-4H3;3*1,3-4H2,2H3;. The number of alkyl halides is 1. The number of halogens is 1. The Bertz CT molecular complexity index is 368. The van der Waals surface area contributed by atoms with Crippen LogP contribution in [0.15, 0.2) is 10.2 Å². The second-order valence-corrected chi connectivity index (χ2v) is 27.2. The Kier molecular flexibility index (Phi) is 19.2. The third kappa shape index (κ3) is 12.6. The van der Waals surface area contributed by atoms with E-state index in [1.54, 1.807) is 13.3 Å². The van der Waals surface area contributed by atoms with Crippen LogP contribution in [0.5, 0.6) is 0 Å². The van der Waals surface area contributed by atoms with Gasteiger partial charge < -0.3 is 0 Å². The van der Waals surface area contributed by atoms with Crippen molar-refractivity contribution in [1.82, 2.24) is 0 Å². The van der Waals surface area contributed by atoms with Gasteiger partial charge in [-0.25, -0.2) is 0 Å². The maximum absolute atomic E-state index is 6.90. The molecule has 1 atom stereocenters. The maximum atomic E-state index is 6.90. The molecule has 174 valence electrons. The topological polar surface area (TPSA) is 9.23 Å². The molecule has 0 spiro atoms. The van der Waals surface area contributed by atoms with Gasteiger partial charge in [0.05, 0.1) is 0 Å². The minimum atomic E-state index is -2.16. The van der Waals surface area contributed by atoms with Crippen LogP contribution < -0.4 is 0 Å². The van der Waals surface area contributed by atoms with Gasteiger partial charge in [-0.1, -0.05) is 0 Å².